The van der Waals surface area contributed by atoms with Crippen molar-refractivity contribution in [2.45, 2.75) is 51.1 Å². The average molecular weight is 386 g/mol. The molecule has 0 bridgehead atoms. The van der Waals surface area contributed by atoms with Crippen LogP contribution in [0.25, 0.3) is 11.4 Å². The summed E-state index contributed by atoms with van der Waals surface area (Å²) in [5, 5.41) is 14.2. The van der Waals surface area contributed by atoms with Crippen LogP contribution in [0.3, 0.4) is 0 Å². The number of amides is 2. The van der Waals surface area contributed by atoms with E-state index in [4.69, 9.17) is 0 Å². The molecule has 1 fully saturated rings. The monoisotopic (exact) mass is 386 g/mol. The summed E-state index contributed by atoms with van der Waals surface area (Å²) in [7, 11) is 2.04. The number of urea groups is 1. The second-order valence-electron chi connectivity index (χ2n) is 7.80. The van der Waals surface area contributed by atoms with Gasteiger partial charge in [0.05, 0.1) is 5.69 Å². The zero-order valence-electron chi connectivity index (χ0n) is 16.2. The lowest BCUT2D eigenvalue weighted by atomic mass is 10.1. The van der Waals surface area contributed by atoms with Crippen LogP contribution in [-0.2, 0) is 13.0 Å². The Kier molecular flexibility index (Phi) is 5.57. The summed E-state index contributed by atoms with van der Waals surface area (Å²) in [5.74, 6) is 1.25. The number of aryl methyl sites for hydroxylation is 1. The van der Waals surface area contributed by atoms with Gasteiger partial charge in [0, 0.05) is 31.1 Å². The van der Waals surface area contributed by atoms with Gasteiger partial charge in [-0.1, -0.05) is 6.42 Å². The molecule has 2 aromatic rings. The molecule has 3 heterocycles. The zero-order chi connectivity index (χ0) is 19.5. The van der Waals surface area contributed by atoms with Crippen molar-refractivity contribution < 1.29 is 9.18 Å². The summed E-state index contributed by atoms with van der Waals surface area (Å²) in [4.78, 5) is 14.6. The Bertz CT molecular complexity index is 851. The van der Waals surface area contributed by atoms with Crippen LogP contribution in [0.1, 0.15) is 37.9 Å². The van der Waals surface area contributed by atoms with Gasteiger partial charge < -0.3 is 20.1 Å². The first-order valence-corrected chi connectivity index (χ1v) is 10.1. The Morgan fingerprint density at radius 1 is 1.18 bits per heavy atom. The van der Waals surface area contributed by atoms with Gasteiger partial charge in [-0.3, -0.25) is 0 Å². The summed E-state index contributed by atoms with van der Waals surface area (Å²) in [5.41, 5.74) is 0.917. The predicted octanol–water partition coefficient (Wildman–Crippen LogP) is 3.03. The number of halogens is 1. The highest BCUT2D eigenvalue weighted by Crippen LogP contribution is 2.26. The Morgan fingerprint density at radius 3 is 2.93 bits per heavy atom. The number of carbonyl (C=O) groups excluding carboxylic acids is 1. The van der Waals surface area contributed by atoms with Gasteiger partial charge in [-0.25, -0.2) is 9.18 Å². The minimum Gasteiger partial charge on any atom is -0.334 e. The highest BCUT2D eigenvalue weighted by atomic mass is 19.1. The highest BCUT2D eigenvalue weighted by Gasteiger charge is 2.20. The van der Waals surface area contributed by atoms with E-state index in [9.17, 15) is 9.18 Å². The van der Waals surface area contributed by atoms with Crippen molar-refractivity contribution in [3.05, 3.63) is 29.8 Å². The molecule has 1 saturated heterocycles. The smallest absolute Gasteiger partial charge is 0.319 e. The number of benzene rings is 1. The van der Waals surface area contributed by atoms with E-state index in [1.54, 1.807) is 12.1 Å². The largest absolute Gasteiger partial charge is 0.334 e. The summed E-state index contributed by atoms with van der Waals surface area (Å²) in [6, 6.07) is 4.41. The van der Waals surface area contributed by atoms with Gasteiger partial charge in [-0.15, -0.1) is 10.2 Å². The van der Waals surface area contributed by atoms with Crippen LogP contribution in [0.5, 0.6) is 0 Å². The topological polar surface area (TPSA) is 75.1 Å². The molecule has 1 aromatic carbocycles. The summed E-state index contributed by atoms with van der Waals surface area (Å²) < 4.78 is 16.4. The SMILES string of the molecule is CN1CCC[C@@H](NC(=O)Nc2cc(-c3nnc4n3CCCCC4)ccc2F)C1. The quantitative estimate of drug-likeness (QED) is 0.850. The summed E-state index contributed by atoms with van der Waals surface area (Å²) in [6.45, 7) is 2.72. The standard InChI is InChI=1S/C20H27FN6O/c1-26-10-5-6-15(13-26)22-20(28)23-17-12-14(8-9-16(17)21)19-25-24-18-7-3-2-4-11-27(18)19/h8-9,12,15H,2-7,10-11,13H2,1H3,(H2,22,23,28)/t15-/m1/s1. The number of rotatable bonds is 3. The molecule has 2 N–H and O–H groups in total. The van der Waals surface area contributed by atoms with Crippen LogP contribution >= 0.6 is 0 Å². The minimum absolute atomic E-state index is 0.0808. The number of likely N-dealkylation sites (tertiary alicyclic amines) is 1. The first kappa shape index (κ1) is 18.9. The van der Waals surface area contributed by atoms with E-state index in [1.165, 1.54) is 12.5 Å². The van der Waals surface area contributed by atoms with E-state index in [2.05, 4.69) is 30.3 Å². The van der Waals surface area contributed by atoms with Crippen molar-refractivity contribution in [1.82, 2.24) is 25.0 Å². The third-order valence-corrected chi connectivity index (χ3v) is 5.54. The van der Waals surface area contributed by atoms with Crippen molar-refractivity contribution in [3.8, 4) is 11.4 Å². The molecule has 0 unspecified atom stereocenters. The van der Waals surface area contributed by atoms with Crippen LogP contribution in [0, 0.1) is 5.82 Å². The first-order valence-electron chi connectivity index (χ1n) is 10.1. The highest BCUT2D eigenvalue weighted by molar-refractivity contribution is 5.90. The van der Waals surface area contributed by atoms with Crippen LogP contribution < -0.4 is 10.6 Å². The molecule has 0 saturated carbocycles. The van der Waals surface area contributed by atoms with Gasteiger partial charge >= 0.3 is 6.03 Å². The summed E-state index contributed by atoms with van der Waals surface area (Å²) >= 11 is 0. The molecular formula is C20H27FN6O. The normalized spacial score (nSPS) is 20.3. The lowest BCUT2D eigenvalue weighted by Crippen LogP contribution is -2.47. The van der Waals surface area contributed by atoms with Gasteiger partial charge in [0.2, 0.25) is 0 Å². The maximum atomic E-state index is 14.3. The molecule has 0 aliphatic carbocycles. The van der Waals surface area contributed by atoms with Crippen molar-refractivity contribution in [3.63, 3.8) is 0 Å². The number of likely N-dealkylation sites (N-methyl/N-ethyl adjacent to an activating group) is 1. The van der Waals surface area contributed by atoms with E-state index < -0.39 is 5.82 Å². The molecule has 0 radical (unpaired) electrons. The lowest BCUT2D eigenvalue weighted by Gasteiger charge is -2.30. The Balaban J connectivity index is 1.50. The van der Waals surface area contributed by atoms with Gasteiger partial charge in [0.25, 0.3) is 0 Å². The molecule has 8 heteroatoms. The number of carbonyl (C=O) groups is 1. The number of fused-ring (bicyclic) bond motifs is 1. The number of anilines is 1. The van der Waals surface area contributed by atoms with Gasteiger partial charge in [0.1, 0.15) is 11.6 Å². The Morgan fingerprint density at radius 2 is 2.07 bits per heavy atom. The van der Waals surface area contributed by atoms with Gasteiger partial charge in [-0.05, 0) is 57.5 Å². The number of aromatic nitrogens is 3. The van der Waals surface area contributed by atoms with Crippen molar-refractivity contribution in [2.75, 3.05) is 25.5 Å². The molecule has 1 aromatic heterocycles. The minimum atomic E-state index is -0.463. The van der Waals surface area contributed by atoms with Crippen LogP contribution in [0.15, 0.2) is 18.2 Å². The Labute approximate surface area is 164 Å². The molecule has 2 amide bonds. The van der Waals surface area contributed by atoms with E-state index in [0.29, 0.717) is 0 Å². The molecule has 28 heavy (non-hydrogen) atoms. The maximum Gasteiger partial charge on any atom is 0.319 e. The molecule has 1 atom stereocenters. The Hall–Kier alpha value is -2.48. The number of nitrogens with zero attached hydrogens (tertiary/aromatic N) is 4. The van der Waals surface area contributed by atoms with E-state index >= 15 is 0 Å². The van der Waals surface area contributed by atoms with Crippen LogP contribution in [0.2, 0.25) is 0 Å². The fourth-order valence-corrected chi connectivity index (χ4v) is 4.09. The zero-order valence-corrected chi connectivity index (χ0v) is 16.2. The van der Waals surface area contributed by atoms with E-state index in [0.717, 1.165) is 69.0 Å². The number of hydrogen-bond acceptors (Lipinski definition) is 4. The lowest BCUT2D eigenvalue weighted by molar-refractivity contribution is 0.216. The predicted molar refractivity (Wildman–Crippen MR) is 106 cm³/mol. The second kappa shape index (κ2) is 8.26. The molecule has 2 aliphatic heterocycles. The molecule has 7 nitrogen and oxygen atoms in total. The number of nitrogens with one attached hydrogen (secondary N) is 2. The third kappa shape index (κ3) is 4.16. The summed E-state index contributed by atoms with van der Waals surface area (Å²) in [6.07, 6.45) is 6.27. The fraction of sp³-hybridized carbons (Fsp3) is 0.550. The van der Waals surface area contributed by atoms with Gasteiger partial charge in [0.15, 0.2) is 5.82 Å². The number of piperidine rings is 1. The fourth-order valence-electron chi connectivity index (χ4n) is 4.09. The van der Waals surface area contributed by atoms with E-state index in [-0.39, 0.29) is 17.8 Å². The first-order chi connectivity index (χ1) is 13.6. The molecule has 4 rings (SSSR count). The van der Waals surface area contributed by atoms with Crippen molar-refractivity contribution in [2.24, 2.45) is 0 Å². The molecule has 0 spiro atoms. The number of hydrogen-bond donors (Lipinski definition) is 2. The molecular weight excluding hydrogens is 359 g/mol. The van der Waals surface area contributed by atoms with Crippen molar-refractivity contribution in [1.29, 1.82) is 0 Å². The molecule has 150 valence electrons. The van der Waals surface area contributed by atoms with E-state index in [1.807, 2.05) is 7.05 Å². The van der Waals surface area contributed by atoms with Crippen molar-refractivity contribution >= 4 is 11.7 Å². The van der Waals surface area contributed by atoms with Crippen LogP contribution in [0.4, 0.5) is 14.9 Å². The third-order valence-electron chi connectivity index (χ3n) is 5.54. The van der Waals surface area contributed by atoms with Gasteiger partial charge in [-0.2, -0.15) is 0 Å². The maximum absolute atomic E-state index is 14.3. The molecule has 2 aliphatic rings. The van der Waals surface area contributed by atoms with Crippen LogP contribution in [-0.4, -0.2) is 51.9 Å². The second-order valence-corrected chi connectivity index (χ2v) is 7.80. The average Bonchev–Trinajstić information content (AvgIpc) is 2.92.